The number of rotatable bonds is 5. The van der Waals surface area contributed by atoms with E-state index in [1.807, 2.05) is 0 Å². The molecule has 118 valence electrons. The first-order chi connectivity index (χ1) is 9.79. The molecule has 0 aliphatic heterocycles. The largest absolute Gasteiger partial charge is 0.481 e. The second-order valence-corrected chi connectivity index (χ2v) is 7.62. The highest BCUT2D eigenvalue weighted by Crippen LogP contribution is 2.39. The number of hydrogen-bond donors (Lipinski definition) is 2. The minimum atomic E-state index is -3.75. The maximum Gasteiger partial charge on any atom is 0.305 e. The second kappa shape index (κ2) is 5.76. The van der Waals surface area contributed by atoms with E-state index in [2.05, 4.69) is 10.2 Å². The third-order valence-electron chi connectivity index (χ3n) is 4.35. The van der Waals surface area contributed by atoms with Gasteiger partial charge in [0.15, 0.2) is 0 Å². The molecule has 0 amide bonds. The number of aliphatic carboxylic acids is 1. The summed E-state index contributed by atoms with van der Waals surface area (Å²) < 4.78 is 26.8. The van der Waals surface area contributed by atoms with E-state index in [1.165, 1.54) is 17.5 Å². The minimum absolute atomic E-state index is 0.111. The van der Waals surface area contributed by atoms with Crippen molar-refractivity contribution in [2.24, 2.45) is 0 Å². The van der Waals surface area contributed by atoms with Crippen LogP contribution in [0.2, 0.25) is 0 Å². The molecular weight excluding hydrogens is 294 g/mol. The van der Waals surface area contributed by atoms with E-state index in [-0.39, 0.29) is 11.3 Å². The Balaban J connectivity index is 2.40. The molecule has 1 fully saturated rings. The van der Waals surface area contributed by atoms with Crippen LogP contribution in [0.1, 0.15) is 44.2 Å². The molecule has 0 unspecified atom stereocenters. The van der Waals surface area contributed by atoms with Gasteiger partial charge < -0.3 is 5.11 Å². The Morgan fingerprint density at radius 3 is 2.52 bits per heavy atom. The van der Waals surface area contributed by atoms with Gasteiger partial charge in [-0.3, -0.25) is 9.89 Å². The van der Waals surface area contributed by atoms with Crippen LogP contribution < -0.4 is 0 Å². The third kappa shape index (κ3) is 2.96. The van der Waals surface area contributed by atoms with Crippen LogP contribution in [0.5, 0.6) is 0 Å². The van der Waals surface area contributed by atoms with Crippen molar-refractivity contribution in [2.75, 3.05) is 7.05 Å². The predicted octanol–water partition coefficient (Wildman–Crippen LogP) is 1.52. The molecule has 8 heteroatoms. The number of aryl methyl sites for hydroxylation is 1. The van der Waals surface area contributed by atoms with Crippen LogP contribution in [-0.4, -0.2) is 46.6 Å². The van der Waals surface area contributed by atoms with Crippen molar-refractivity contribution in [3.05, 3.63) is 11.9 Å². The maximum absolute atomic E-state index is 12.8. The molecule has 1 aliphatic rings. The van der Waals surface area contributed by atoms with Crippen LogP contribution in [0.15, 0.2) is 11.1 Å². The van der Waals surface area contributed by atoms with E-state index in [9.17, 15) is 18.3 Å². The fraction of sp³-hybridized carbons (Fsp3) is 0.692. The van der Waals surface area contributed by atoms with Crippen molar-refractivity contribution in [2.45, 2.75) is 55.9 Å². The Kier molecular flexibility index (Phi) is 4.38. The van der Waals surface area contributed by atoms with E-state index >= 15 is 0 Å². The highest BCUT2D eigenvalue weighted by Gasteiger charge is 2.44. The summed E-state index contributed by atoms with van der Waals surface area (Å²) >= 11 is 0. The lowest BCUT2D eigenvalue weighted by molar-refractivity contribution is -0.140. The van der Waals surface area contributed by atoms with Crippen LogP contribution >= 0.6 is 0 Å². The van der Waals surface area contributed by atoms with Crippen LogP contribution in [0.4, 0.5) is 0 Å². The van der Waals surface area contributed by atoms with Crippen molar-refractivity contribution in [3.8, 4) is 0 Å². The average Bonchev–Trinajstić information content (AvgIpc) is 2.85. The summed E-state index contributed by atoms with van der Waals surface area (Å²) in [6, 6.07) is 0. The molecule has 1 saturated carbocycles. The van der Waals surface area contributed by atoms with Gasteiger partial charge in [-0.2, -0.15) is 9.40 Å². The van der Waals surface area contributed by atoms with Crippen molar-refractivity contribution >= 4 is 16.0 Å². The lowest BCUT2D eigenvalue weighted by Crippen LogP contribution is -2.52. The minimum Gasteiger partial charge on any atom is -0.481 e. The molecule has 21 heavy (non-hydrogen) atoms. The van der Waals surface area contributed by atoms with Crippen LogP contribution in [-0.2, 0) is 14.8 Å². The van der Waals surface area contributed by atoms with Gasteiger partial charge in [0.25, 0.3) is 0 Å². The molecule has 2 N–H and O–H groups in total. The van der Waals surface area contributed by atoms with Gasteiger partial charge in [0.05, 0.1) is 18.3 Å². The van der Waals surface area contributed by atoms with Crippen molar-refractivity contribution in [1.82, 2.24) is 14.5 Å². The van der Waals surface area contributed by atoms with Crippen LogP contribution in [0.3, 0.4) is 0 Å². The quantitative estimate of drug-likeness (QED) is 0.857. The van der Waals surface area contributed by atoms with Gasteiger partial charge in [-0.05, 0) is 19.8 Å². The molecule has 2 rings (SSSR count). The lowest BCUT2D eigenvalue weighted by atomic mass is 9.79. The van der Waals surface area contributed by atoms with Crippen molar-refractivity contribution in [3.63, 3.8) is 0 Å². The van der Waals surface area contributed by atoms with E-state index in [1.54, 1.807) is 6.92 Å². The molecule has 0 aromatic carbocycles. The molecule has 7 nitrogen and oxygen atoms in total. The topological polar surface area (TPSA) is 103 Å². The van der Waals surface area contributed by atoms with Crippen LogP contribution in [0, 0.1) is 6.92 Å². The monoisotopic (exact) mass is 315 g/mol. The number of carboxylic acids is 1. The zero-order valence-electron chi connectivity index (χ0n) is 12.3. The molecule has 0 atom stereocenters. The standard InChI is InChI=1S/C13H21N3O4S/c1-10-11(9-14-15-10)21(19,20)16(2)13(8-12(17)18)6-4-3-5-7-13/h9H,3-8H2,1-2H3,(H,14,15)(H,17,18). The summed E-state index contributed by atoms with van der Waals surface area (Å²) in [6.45, 7) is 1.64. The molecule has 0 bridgehead atoms. The number of nitrogens with zero attached hydrogens (tertiary/aromatic N) is 2. The normalized spacial score (nSPS) is 18.8. The number of carbonyl (C=O) groups is 1. The number of nitrogens with one attached hydrogen (secondary N) is 1. The summed E-state index contributed by atoms with van der Waals surface area (Å²) in [7, 11) is -2.27. The van der Waals surface area contributed by atoms with E-state index in [4.69, 9.17) is 0 Å². The van der Waals surface area contributed by atoms with E-state index in [0.29, 0.717) is 18.5 Å². The molecule has 0 saturated heterocycles. The lowest BCUT2D eigenvalue weighted by Gasteiger charge is -2.42. The zero-order valence-corrected chi connectivity index (χ0v) is 13.1. The summed E-state index contributed by atoms with van der Waals surface area (Å²) in [5, 5.41) is 15.6. The van der Waals surface area contributed by atoms with Gasteiger partial charge in [0.2, 0.25) is 10.0 Å². The smallest absolute Gasteiger partial charge is 0.305 e. The Morgan fingerprint density at radius 2 is 2.05 bits per heavy atom. The highest BCUT2D eigenvalue weighted by molar-refractivity contribution is 7.89. The molecule has 0 spiro atoms. The summed E-state index contributed by atoms with van der Waals surface area (Å²) in [5.74, 6) is -0.970. The van der Waals surface area contributed by atoms with Crippen molar-refractivity contribution < 1.29 is 18.3 Å². The number of sulfonamides is 1. The summed E-state index contributed by atoms with van der Waals surface area (Å²) in [5.41, 5.74) is -0.379. The first kappa shape index (κ1) is 16.0. The first-order valence-electron chi connectivity index (χ1n) is 7.00. The van der Waals surface area contributed by atoms with Gasteiger partial charge in [-0.15, -0.1) is 0 Å². The predicted molar refractivity (Wildman–Crippen MR) is 76.3 cm³/mol. The number of hydrogen-bond acceptors (Lipinski definition) is 4. The molecule has 1 aromatic heterocycles. The Labute approximate surface area is 124 Å². The van der Waals surface area contributed by atoms with Gasteiger partial charge in [0.1, 0.15) is 4.90 Å². The fourth-order valence-electron chi connectivity index (χ4n) is 3.10. The summed E-state index contributed by atoms with van der Waals surface area (Å²) in [6.07, 6.45) is 4.96. The molecular formula is C13H21N3O4S. The van der Waals surface area contributed by atoms with Gasteiger partial charge in [-0.1, -0.05) is 19.3 Å². The number of H-pyrrole nitrogens is 1. The van der Waals surface area contributed by atoms with Gasteiger partial charge in [0, 0.05) is 12.6 Å². The molecule has 0 radical (unpaired) electrons. The number of aromatic nitrogens is 2. The number of carboxylic acid groups (broad SMARTS) is 1. The van der Waals surface area contributed by atoms with Crippen molar-refractivity contribution in [1.29, 1.82) is 0 Å². The number of aromatic amines is 1. The van der Waals surface area contributed by atoms with Gasteiger partial charge >= 0.3 is 5.97 Å². The maximum atomic E-state index is 12.8. The molecule has 1 heterocycles. The fourth-order valence-corrected chi connectivity index (χ4v) is 4.77. The Hall–Kier alpha value is -1.41. The molecule has 1 aromatic rings. The second-order valence-electron chi connectivity index (χ2n) is 5.69. The molecule has 1 aliphatic carbocycles. The van der Waals surface area contributed by atoms with E-state index in [0.717, 1.165) is 19.3 Å². The SMILES string of the molecule is Cc1[nH]ncc1S(=O)(=O)N(C)C1(CC(=O)O)CCCCC1. The van der Waals surface area contributed by atoms with E-state index < -0.39 is 21.5 Å². The van der Waals surface area contributed by atoms with Crippen LogP contribution in [0.25, 0.3) is 0 Å². The van der Waals surface area contributed by atoms with Gasteiger partial charge in [-0.25, -0.2) is 8.42 Å². The highest BCUT2D eigenvalue weighted by atomic mass is 32.2. The summed E-state index contributed by atoms with van der Waals surface area (Å²) in [4.78, 5) is 11.3. The third-order valence-corrected chi connectivity index (χ3v) is 6.43. The Bertz CT molecular complexity index is 617. The first-order valence-corrected chi connectivity index (χ1v) is 8.44. The average molecular weight is 315 g/mol. The zero-order chi connectivity index (χ0) is 15.7. The Morgan fingerprint density at radius 1 is 1.43 bits per heavy atom.